The van der Waals surface area contributed by atoms with Gasteiger partial charge in [-0.25, -0.2) is 15.8 Å². The van der Waals surface area contributed by atoms with Gasteiger partial charge in [0.2, 0.25) is 0 Å². The zero-order valence-corrected chi connectivity index (χ0v) is 12.1. The summed E-state index contributed by atoms with van der Waals surface area (Å²) in [6, 6.07) is 0. The van der Waals surface area contributed by atoms with Crippen LogP contribution in [0.2, 0.25) is 0 Å². The number of nitrogen functional groups attached to an aromatic ring is 1. The Morgan fingerprint density at radius 3 is 3.24 bits per heavy atom. The number of aromatic nitrogens is 3. The van der Waals surface area contributed by atoms with E-state index < -0.39 is 0 Å². The maximum Gasteiger partial charge on any atom is 0.180 e. The summed E-state index contributed by atoms with van der Waals surface area (Å²) in [5.41, 5.74) is 3.34. The second-order valence-corrected chi connectivity index (χ2v) is 5.04. The van der Waals surface area contributed by atoms with Crippen LogP contribution >= 0.6 is 0 Å². The monoisotopic (exact) mass is 291 g/mol. The smallest absolute Gasteiger partial charge is 0.180 e. The number of nitrogens with zero attached hydrogens (tertiary/aromatic N) is 4. The van der Waals surface area contributed by atoms with E-state index in [4.69, 9.17) is 10.6 Å². The third kappa shape index (κ3) is 3.07. The van der Waals surface area contributed by atoms with E-state index in [-0.39, 0.29) is 6.10 Å². The maximum absolute atomic E-state index is 5.78. The number of fused-ring (bicyclic) bond motifs is 1. The van der Waals surface area contributed by atoms with Gasteiger partial charge in [0.15, 0.2) is 17.3 Å². The Balaban J connectivity index is 1.71. The molecule has 0 aliphatic carbocycles. The molecule has 1 atom stereocenters. The summed E-state index contributed by atoms with van der Waals surface area (Å²) in [5.74, 6) is 6.74. The van der Waals surface area contributed by atoms with Crippen molar-refractivity contribution in [3.8, 4) is 0 Å². The molecule has 0 spiro atoms. The molecule has 1 unspecified atom stereocenters. The largest absolute Gasteiger partial charge is 0.374 e. The Kier molecular flexibility index (Phi) is 4.18. The number of morpholine rings is 1. The summed E-state index contributed by atoms with van der Waals surface area (Å²) in [6.07, 6.45) is 5.55. The second-order valence-electron chi connectivity index (χ2n) is 5.04. The van der Waals surface area contributed by atoms with Crippen LogP contribution in [0.1, 0.15) is 6.92 Å². The Bertz CT molecular complexity index is 599. The van der Waals surface area contributed by atoms with Crippen LogP contribution in [0.3, 0.4) is 0 Å². The zero-order valence-electron chi connectivity index (χ0n) is 12.1. The molecule has 2 aromatic rings. The first kappa shape index (κ1) is 14.1. The summed E-state index contributed by atoms with van der Waals surface area (Å²) < 4.78 is 7.66. The molecule has 0 aromatic carbocycles. The Morgan fingerprint density at radius 2 is 2.43 bits per heavy atom. The van der Waals surface area contributed by atoms with Crippen molar-refractivity contribution in [1.29, 1.82) is 0 Å². The third-order valence-corrected chi connectivity index (χ3v) is 3.69. The van der Waals surface area contributed by atoms with Crippen LogP contribution in [0.4, 0.5) is 11.6 Å². The van der Waals surface area contributed by atoms with E-state index in [1.54, 1.807) is 12.4 Å². The van der Waals surface area contributed by atoms with E-state index in [2.05, 4.69) is 32.5 Å². The number of rotatable bonds is 5. The topological polar surface area (TPSA) is 92.7 Å². The molecular formula is C13H21N7O. The summed E-state index contributed by atoms with van der Waals surface area (Å²) in [7, 11) is 0. The first-order chi connectivity index (χ1) is 10.3. The molecule has 3 heterocycles. The van der Waals surface area contributed by atoms with Crippen molar-refractivity contribution in [3.05, 3.63) is 18.6 Å². The summed E-state index contributed by atoms with van der Waals surface area (Å²) in [5, 5.41) is 3.32. The van der Waals surface area contributed by atoms with Crippen LogP contribution in [0.25, 0.3) is 5.65 Å². The zero-order chi connectivity index (χ0) is 14.7. The fraction of sp³-hybridized carbons (Fsp3) is 0.538. The number of anilines is 2. The lowest BCUT2D eigenvalue weighted by Crippen LogP contribution is -2.45. The first-order valence-electron chi connectivity index (χ1n) is 7.18. The number of hydrogen-bond acceptors (Lipinski definition) is 7. The van der Waals surface area contributed by atoms with Gasteiger partial charge in [0.25, 0.3) is 0 Å². The van der Waals surface area contributed by atoms with E-state index in [1.807, 2.05) is 10.6 Å². The van der Waals surface area contributed by atoms with Crippen LogP contribution in [0.5, 0.6) is 0 Å². The summed E-state index contributed by atoms with van der Waals surface area (Å²) in [4.78, 5) is 11.1. The molecule has 0 amide bonds. The predicted octanol–water partition coefficient (Wildman–Crippen LogP) is 0.148. The van der Waals surface area contributed by atoms with Gasteiger partial charge in [-0.3, -0.25) is 4.90 Å². The highest BCUT2D eigenvalue weighted by atomic mass is 16.5. The molecule has 21 heavy (non-hydrogen) atoms. The van der Waals surface area contributed by atoms with Crippen molar-refractivity contribution < 1.29 is 4.74 Å². The molecule has 0 saturated carbocycles. The molecule has 1 saturated heterocycles. The van der Waals surface area contributed by atoms with Crippen molar-refractivity contribution in [3.63, 3.8) is 0 Å². The highest BCUT2D eigenvalue weighted by molar-refractivity contribution is 5.65. The second kappa shape index (κ2) is 6.25. The number of imidazole rings is 1. The van der Waals surface area contributed by atoms with Crippen LogP contribution in [-0.2, 0) is 4.74 Å². The van der Waals surface area contributed by atoms with Crippen molar-refractivity contribution >= 4 is 17.3 Å². The van der Waals surface area contributed by atoms with Gasteiger partial charge in [0.1, 0.15) is 0 Å². The van der Waals surface area contributed by atoms with Gasteiger partial charge in [-0.1, -0.05) is 6.92 Å². The van der Waals surface area contributed by atoms with E-state index in [0.29, 0.717) is 18.2 Å². The minimum atomic E-state index is 0.157. The number of likely N-dealkylation sites (N-methyl/N-ethyl adjacent to an activating group) is 1. The molecule has 0 radical (unpaired) electrons. The minimum absolute atomic E-state index is 0.157. The molecule has 0 bridgehead atoms. The third-order valence-electron chi connectivity index (χ3n) is 3.69. The van der Waals surface area contributed by atoms with Gasteiger partial charge in [0.05, 0.1) is 18.9 Å². The van der Waals surface area contributed by atoms with Gasteiger partial charge < -0.3 is 19.9 Å². The molecule has 8 heteroatoms. The molecule has 2 aromatic heterocycles. The van der Waals surface area contributed by atoms with Crippen molar-refractivity contribution in [1.82, 2.24) is 19.3 Å². The highest BCUT2D eigenvalue weighted by Crippen LogP contribution is 2.16. The van der Waals surface area contributed by atoms with Gasteiger partial charge in [-0.05, 0) is 6.54 Å². The molecule has 3 rings (SSSR count). The summed E-state index contributed by atoms with van der Waals surface area (Å²) >= 11 is 0. The number of nitrogens with one attached hydrogen (secondary N) is 2. The molecule has 4 N–H and O–H groups in total. The lowest BCUT2D eigenvalue weighted by molar-refractivity contribution is -0.0192. The SMILES string of the molecule is CCN1CCOC(CNc2nc(NN)cn3ccnc23)C1. The quantitative estimate of drug-likeness (QED) is 0.533. The number of ether oxygens (including phenoxy) is 1. The predicted molar refractivity (Wildman–Crippen MR) is 81.1 cm³/mol. The van der Waals surface area contributed by atoms with Crippen LogP contribution in [-0.4, -0.2) is 58.2 Å². The fourth-order valence-corrected chi connectivity index (χ4v) is 2.52. The molecule has 114 valence electrons. The Hall–Kier alpha value is -1.90. The lowest BCUT2D eigenvalue weighted by atomic mass is 10.2. The fourth-order valence-electron chi connectivity index (χ4n) is 2.52. The van der Waals surface area contributed by atoms with E-state index in [9.17, 15) is 0 Å². The molecule has 1 aliphatic heterocycles. The normalized spacial score (nSPS) is 19.8. The van der Waals surface area contributed by atoms with Crippen molar-refractivity contribution in [2.45, 2.75) is 13.0 Å². The number of nitrogens with two attached hydrogens (primary N) is 1. The number of hydrogen-bond donors (Lipinski definition) is 3. The standard InChI is InChI=1S/C13H21N7O/c1-2-19-5-6-21-10(8-19)7-16-12-13-15-3-4-20(13)9-11(17-12)18-14/h3-4,9-10,18H,2,5-8,14H2,1H3,(H,16,17). The van der Waals surface area contributed by atoms with Crippen molar-refractivity contribution in [2.24, 2.45) is 5.84 Å². The lowest BCUT2D eigenvalue weighted by Gasteiger charge is -2.32. The van der Waals surface area contributed by atoms with Crippen molar-refractivity contribution in [2.75, 3.05) is 43.5 Å². The average Bonchev–Trinajstić information content (AvgIpc) is 3.01. The van der Waals surface area contributed by atoms with Gasteiger partial charge in [-0.2, -0.15) is 0 Å². The summed E-state index contributed by atoms with van der Waals surface area (Å²) in [6.45, 7) is 6.62. The minimum Gasteiger partial charge on any atom is -0.374 e. The van der Waals surface area contributed by atoms with Gasteiger partial charge in [0, 0.05) is 32.0 Å². The van der Waals surface area contributed by atoms with Gasteiger partial charge >= 0.3 is 0 Å². The maximum atomic E-state index is 5.78. The molecule has 1 aliphatic rings. The average molecular weight is 291 g/mol. The molecule has 1 fully saturated rings. The molecule has 8 nitrogen and oxygen atoms in total. The van der Waals surface area contributed by atoms with Gasteiger partial charge in [-0.15, -0.1) is 0 Å². The van der Waals surface area contributed by atoms with E-state index in [0.717, 1.165) is 31.9 Å². The van der Waals surface area contributed by atoms with E-state index in [1.165, 1.54) is 0 Å². The van der Waals surface area contributed by atoms with Crippen LogP contribution in [0.15, 0.2) is 18.6 Å². The van der Waals surface area contributed by atoms with E-state index >= 15 is 0 Å². The molecular weight excluding hydrogens is 270 g/mol. The Labute approximate surface area is 123 Å². The van der Waals surface area contributed by atoms with Crippen LogP contribution < -0.4 is 16.6 Å². The Morgan fingerprint density at radius 1 is 1.52 bits per heavy atom. The number of hydrazine groups is 1. The van der Waals surface area contributed by atoms with Crippen LogP contribution in [0, 0.1) is 0 Å². The first-order valence-corrected chi connectivity index (χ1v) is 7.18. The highest BCUT2D eigenvalue weighted by Gasteiger charge is 2.19.